The van der Waals surface area contributed by atoms with E-state index in [1.54, 1.807) is 11.3 Å². The van der Waals surface area contributed by atoms with Crippen LogP contribution >= 0.6 is 34.5 Å². The van der Waals surface area contributed by atoms with Crippen molar-refractivity contribution in [3.63, 3.8) is 0 Å². The first-order valence-corrected chi connectivity index (χ1v) is 7.53. The zero-order chi connectivity index (χ0) is 14.7. The fourth-order valence-electron chi connectivity index (χ4n) is 1.72. The highest BCUT2D eigenvalue weighted by atomic mass is 35.5. The summed E-state index contributed by atoms with van der Waals surface area (Å²) in [5.41, 5.74) is 0.294. The largest absolute Gasteiger partial charge is 0.375 e. The maximum absolute atomic E-state index is 11.0. The third-order valence-electron chi connectivity index (χ3n) is 2.75. The van der Waals surface area contributed by atoms with Gasteiger partial charge in [-0.15, -0.1) is 11.3 Å². The first kappa shape index (κ1) is 15.1. The van der Waals surface area contributed by atoms with Gasteiger partial charge in [-0.3, -0.25) is 10.1 Å². The fourth-order valence-corrected chi connectivity index (χ4v) is 2.94. The number of halogens is 2. The van der Waals surface area contributed by atoms with Gasteiger partial charge in [0, 0.05) is 22.4 Å². The Hall–Kier alpha value is -1.30. The van der Waals surface area contributed by atoms with Crippen LogP contribution in [0.5, 0.6) is 0 Å². The molecule has 20 heavy (non-hydrogen) atoms. The number of nitrogens with zero attached hydrogens (tertiary/aromatic N) is 1. The minimum Gasteiger partial charge on any atom is -0.375 e. The number of aryl methyl sites for hydroxylation is 1. The second-order valence-corrected chi connectivity index (χ2v) is 6.18. The number of hydrogen-bond acceptors (Lipinski definition) is 4. The first-order chi connectivity index (χ1) is 9.51. The van der Waals surface area contributed by atoms with E-state index in [4.69, 9.17) is 23.2 Å². The van der Waals surface area contributed by atoms with E-state index in [-0.39, 0.29) is 10.7 Å². The molecular weight excluding hydrogens is 319 g/mol. The van der Waals surface area contributed by atoms with Crippen molar-refractivity contribution >= 4 is 45.9 Å². The van der Waals surface area contributed by atoms with Gasteiger partial charge in [0.25, 0.3) is 5.69 Å². The summed E-state index contributed by atoms with van der Waals surface area (Å²) in [7, 11) is 0. The molecule has 1 heterocycles. The third-order valence-corrected chi connectivity index (χ3v) is 4.71. The molecule has 7 heteroatoms. The summed E-state index contributed by atoms with van der Waals surface area (Å²) in [6.45, 7) is 2.61. The van der Waals surface area contributed by atoms with E-state index in [9.17, 15) is 10.1 Å². The minimum atomic E-state index is -0.476. The number of benzene rings is 1. The smallest absolute Gasteiger partial charge is 0.293 e. The molecule has 4 nitrogen and oxygen atoms in total. The maximum Gasteiger partial charge on any atom is 0.293 e. The third kappa shape index (κ3) is 3.42. The standard InChI is InChI=1S/C13H12Cl2N2O2S/c1-2-8-3-4-9(20-8)7-16-12-5-10(14)11(15)6-13(12)17(18)19/h3-6,16H,2,7H2,1H3. The predicted octanol–water partition coefficient (Wildman–Crippen LogP) is 5.14. The van der Waals surface area contributed by atoms with E-state index in [0.717, 1.165) is 11.3 Å². The Bertz CT molecular complexity index is 643. The summed E-state index contributed by atoms with van der Waals surface area (Å²) in [5, 5.41) is 14.5. The van der Waals surface area contributed by atoms with Crippen molar-refractivity contribution < 1.29 is 4.92 Å². The monoisotopic (exact) mass is 330 g/mol. The molecule has 0 saturated carbocycles. The molecule has 0 aliphatic carbocycles. The highest BCUT2D eigenvalue weighted by Gasteiger charge is 2.16. The van der Waals surface area contributed by atoms with Crippen LogP contribution in [0.25, 0.3) is 0 Å². The van der Waals surface area contributed by atoms with Gasteiger partial charge in [-0.2, -0.15) is 0 Å². The summed E-state index contributed by atoms with van der Waals surface area (Å²) in [6.07, 6.45) is 0.984. The summed E-state index contributed by atoms with van der Waals surface area (Å²) < 4.78 is 0. The molecule has 1 N–H and O–H groups in total. The lowest BCUT2D eigenvalue weighted by atomic mass is 10.2. The molecule has 0 saturated heterocycles. The quantitative estimate of drug-likeness (QED) is 0.610. The molecule has 0 spiro atoms. The Balaban J connectivity index is 2.20. The van der Waals surface area contributed by atoms with E-state index in [1.807, 2.05) is 6.07 Å². The van der Waals surface area contributed by atoms with Crippen molar-refractivity contribution in [2.24, 2.45) is 0 Å². The average Bonchev–Trinajstić information content (AvgIpc) is 2.87. The van der Waals surface area contributed by atoms with Gasteiger partial charge in [0.1, 0.15) is 5.69 Å². The Kier molecular flexibility index (Phi) is 4.86. The van der Waals surface area contributed by atoms with Crippen LogP contribution in [0, 0.1) is 10.1 Å². The van der Waals surface area contributed by atoms with Gasteiger partial charge in [-0.25, -0.2) is 0 Å². The van der Waals surface area contributed by atoms with Gasteiger partial charge >= 0.3 is 0 Å². The van der Waals surface area contributed by atoms with Crippen LogP contribution in [0.2, 0.25) is 10.0 Å². The van der Waals surface area contributed by atoms with Crippen molar-refractivity contribution in [1.82, 2.24) is 0 Å². The second kappa shape index (κ2) is 6.43. The van der Waals surface area contributed by atoms with Crippen LogP contribution < -0.4 is 5.32 Å². The first-order valence-electron chi connectivity index (χ1n) is 5.96. The number of hydrogen-bond donors (Lipinski definition) is 1. The molecular formula is C13H12Cl2N2O2S. The van der Waals surface area contributed by atoms with Crippen molar-refractivity contribution in [3.8, 4) is 0 Å². The van der Waals surface area contributed by atoms with E-state index >= 15 is 0 Å². The van der Waals surface area contributed by atoms with Crippen LogP contribution in [-0.2, 0) is 13.0 Å². The molecule has 0 amide bonds. The molecule has 1 aromatic heterocycles. The van der Waals surface area contributed by atoms with Gasteiger partial charge in [-0.1, -0.05) is 30.1 Å². The number of rotatable bonds is 5. The maximum atomic E-state index is 11.0. The number of nitro groups is 1. The Morgan fingerprint density at radius 2 is 1.90 bits per heavy atom. The van der Waals surface area contributed by atoms with Gasteiger partial charge in [0.05, 0.1) is 15.0 Å². The number of thiophene rings is 1. The van der Waals surface area contributed by atoms with E-state index in [1.165, 1.54) is 17.0 Å². The lowest BCUT2D eigenvalue weighted by Gasteiger charge is -2.07. The van der Waals surface area contributed by atoms with Crippen LogP contribution in [0.1, 0.15) is 16.7 Å². The SMILES string of the molecule is CCc1ccc(CNc2cc(Cl)c(Cl)cc2[N+](=O)[O-])s1. The van der Waals surface area contributed by atoms with Gasteiger partial charge in [0.15, 0.2) is 0 Å². The number of nitro benzene ring substituents is 1. The highest BCUT2D eigenvalue weighted by Crippen LogP contribution is 2.34. The molecule has 0 radical (unpaired) electrons. The van der Waals surface area contributed by atoms with Crippen molar-refractivity contribution in [3.05, 3.63) is 54.2 Å². The highest BCUT2D eigenvalue weighted by molar-refractivity contribution is 7.12. The predicted molar refractivity (Wildman–Crippen MR) is 84.1 cm³/mol. The van der Waals surface area contributed by atoms with E-state index < -0.39 is 4.92 Å². The van der Waals surface area contributed by atoms with Crippen LogP contribution in [0.4, 0.5) is 11.4 Å². The summed E-state index contributed by atoms with van der Waals surface area (Å²) in [4.78, 5) is 12.9. The molecule has 0 fully saturated rings. The van der Waals surface area contributed by atoms with E-state index in [0.29, 0.717) is 17.3 Å². The van der Waals surface area contributed by atoms with Gasteiger partial charge in [0.2, 0.25) is 0 Å². The molecule has 1 aromatic carbocycles. The average molecular weight is 331 g/mol. The Morgan fingerprint density at radius 3 is 2.50 bits per heavy atom. The van der Waals surface area contributed by atoms with Crippen molar-refractivity contribution in [1.29, 1.82) is 0 Å². The summed E-state index contributed by atoms with van der Waals surface area (Å²) in [6, 6.07) is 6.82. The van der Waals surface area contributed by atoms with Crippen LogP contribution in [0.3, 0.4) is 0 Å². The zero-order valence-corrected chi connectivity index (χ0v) is 13.0. The molecule has 2 rings (SSSR count). The molecule has 0 bridgehead atoms. The molecule has 0 unspecified atom stereocenters. The molecule has 0 aliphatic heterocycles. The van der Waals surface area contributed by atoms with E-state index in [2.05, 4.69) is 18.3 Å². The molecule has 0 aliphatic rings. The summed E-state index contributed by atoms with van der Waals surface area (Å²) >= 11 is 13.4. The molecule has 106 valence electrons. The number of nitrogens with one attached hydrogen (secondary N) is 1. The van der Waals surface area contributed by atoms with Crippen LogP contribution in [-0.4, -0.2) is 4.92 Å². The second-order valence-electron chi connectivity index (χ2n) is 4.12. The fraction of sp³-hybridized carbons (Fsp3) is 0.231. The van der Waals surface area contributed by atoms with Gasteiger partial charge < -0.3 is 5.32 Å². The summed E-state index contributed by atoms with van der Waals surface area (Å²) in [5.74, 6) is 0. The Morgan fingerprint density at radius 1 is 1.25 bits per heavy atom. The van der Waals surface area contributed by atoms with Crippen LogP contribution in [0.15, 0.2) is 24.3 Å². The lowest BCUT2D eigenvalue weighted by molar-refractivity contribution is -0.383. The normalized spacial score (nSPS) is 10.6. The minimum absolute atomic E-state index is 0.0772. The van der Waals surface area contributed by atoms with Gasteiger partial charge in [-0.05, 0) is 24.6 Å². The zero-order valence-electron chi connectivity index (χ0n) is 10.7. The lowest BCUT2D eigenvalue weighted by Crippen LogP contribution is -2.01. The van der Waals surface area contributed by atoms with Crippen molar-refractivity contribution in [2.75, 3.05) is 5.32 Å². The molecule has 2 aromatic rings. The van der Waals surface area contributed by atoms with Crippen molar-refractivity contribution in [2.45, 2.75) is 19.9 Å². The number of anilines is 1. The Labute approximate surface area is 130 Å². The molecule has 0 atom stereocenters. The topological polar surface area (TPSA) is 55.2 Å².